The average molecular weight is 219 g/mol. The van der Waals surface area contributed by atoms with Crippen LogP contribution in [-0.4, -0.2) is 17.6 Å². The molecular formula is C13H21N3. The summed E-state index contributed by atoms with van der Waals surface area (Å²) in [6.07, 6.45) is 5.99. The van der Waals surface area contributed by atoms with Gasteiger partial charge < -0.3 is 11.1 Å². The van der Waals surface area contributed by atoms with Gasteiger partial charge in [-0.25, -0.2) is 0 Å². The average Bonchev–Trinajstić information content (AvgIpc) is 2.98. The number of nitrogens with zero attached hydrogens (tertiary/aromatic N) is 1. The fraction of sp³-hybridized carbons (Fsp3) is 0.615. The van der Waals surface area contributed by atoms with E-state index in [1.54, 1.807) is 6.20 Å². The topological polar surface area (TPSA) is 50.9 Å². The first-order valence-corrected chi connectivity index (χ1v) is 6.14. The number of aromatic nitrogens is 1. The number of anilines is 1. The standard InChI is InChI=1S/C13H21N3/c1-3-16-13(11-6-9(11)2)7-10-8-15-5-4-12(10)14/h4-5,8-9,11,13,16H,3,6-7H2,1-2H3,(H2,14,15). The number of nitrogens with two attached hydrogens (primary N) is 1. The molecule has 1 aliphatic rings. The van der Waals surface area contributed by atoms with Crippen LogP contribution in [0, 0.1) is 11.8 Å². The van der Waals surface area contributed by atoms with E-state index in [2.05, 4.69) is 24.1 Å². The monoisotopic (exact) mass is 219 g/mol. The summed E-state index contributed by atoms with van der Waals surface area (Å²) in [5.74, 6) is 1.68. The quantitative estimate of drug-likeness (QED) is 0.794. The van der Waals surface area contributed by atoms with Gasteiger partial charge in [0.2, 0.25) is 0 Å². The van der Waals surface area contributed by atoms with E-state index < -0.39 is 0 Å². The molecule has 3 nitrogen and oxygen atoms in total. The summed E-state index contributed by atoms with van der Waals surface area (Å²) in [5, 5.41) is 3.57. The summed E-state index contributed by atoms with van der Waals surface area (Å²) in [7, 11) is 0. The van der Waals surface area contributed by atoms with Crippen LogP contribution in [0.4, 0.5) is 5.69 Å². The zero-order chi connectivity index (χ0) is 11.5. The van der Waals surface area contributed by atoms with Crippen molar-refractivity contribution in [2.75, 3.05) is 12.3 Å². The highest BCUT2D eigenvalue weighted by molar-refractivity contribution is 5.44. The van der Waals surface area contributed by atoms with Gasteiger partial charge in [-0.2, -0.15) is 0 Å². The Labute approximate surface area is 97.5 Å². The molecule has 3 N–H and O–H groups in total. The molecule has 3 atom stereocenters. The molecule has 0 saturated heterocycles. The number of hydrogen-bond acceptors (Lipinski definition) is 3. The van der Waals surface area contributed by atoms with Gasteiger partial charge in [0.1, 0.15) is 0 Å². The second kappa shape index (κ2) is 4.83. The van der Waals surface area contributed by atoms with E-state index in [9.17, 15) is 0 Å². The van der Waals surface area contributed by atoms with Crippen molar-refractivity contribution >= 4 is 5.69 Å². The van der Waals surface area contributed by atoms with Crippen LogP contribution in [0.5, 0.6) is 0 Å². The Morgan fingerprint density at radius 1 is 1.62 bits per heavy atom. The van der Waals surface area contributed by atoms with Gasteiger partial charge in [-0.3, -0.25) is 4.98 Å². The first-order chi connectivity index (χ1) is 7.72. The number of rotatable bonds is 5. The largest absolute Gasteiger partial charge is 0.398 e. The van der Waals surface area contributed by atoms with Crippen LogP contribution in [0.1, 0.15) is 25.8 Å². The van der Waals surface area contributed by atoms with E-state index in [0.29, 0.717) is 6.04 Å². The van der Waals surface area contributed by atoms with Gasteiger partial charge in [0.25, 0.3) is 0 Å². The van der Waals surface area contributed by atoms with E-state index in [4.69, 9.17) is 5.73 Å². The number of likely N-dealkylation sites (N-methyl/N-ethyl adjacent to an activating group) is 1. The van der Waals surface area contributed by atoms with Crippen LogP contribution < -0.4 is 11.1 Å². The van der Waals surface area contributed by atoms with Gasteiger partial charge >= 0.3 is 0 Å². The maximum absolute atomic E-state index is 5.95. The third kappa shape index (κ3) is 2.53. The Morgan fingerprint density at radius 3 is 2.94 bits per heavy atom. The molecule has 16 heavy (non-hydrogen) atoms. The number of nitrogen functional groups attached to an aromatic ring is 1. The predicted molar refractivity (Wildman–Crippen MR) is 67.1 cm³/mol. The number of pyridine rings is 1. The molecule has 0 spiro atoms. The highest BCUT2D eigenvalue weighted by Gasteiger charge is 2.39. The fourth-order valence-electron chi connectivity index (χ4n) is 2.39. The van der Waals surface area contributed by atoms with E-state index in [0.717, 1.165) is 30.5 Å². The zero-order valence-electron chi connectivity index (χ0n) is 10.1. The Hall–Kier alpha value is -1.09. The lowest BCUT2D eigenvalue weighted by Gasteiger charge is -2.18. The summed E-state index contributed by atoms with van der Waals surface area (Å²) in [4.78, 5) is 4.15. The molecule has 1 aromatic rings. The molecule has 1 fully saturated rings. The lowest BCUT2D eigenvalue weighted by atomic mass is 10.0. The molecule has 0 bridgehead atoms. The molecule has 0 amide bonds. The van der Waals surface area contributed by atoms with Gasteiger partial charge in [0, 0.05) is 24.1 Å². The normalized spacial score (nSPS) is 25.4. The van der Waals surface area contributed by atoms with Crippen LogP contribution in [0.3, 0.4) is 0 Å². The van der Waals surface area contributed by atoms with Crippen molar-refractivity contribution in [3.8, 4) is 0 Å². The molecule has 3 heteroatoms. The van der Waals surface area contributed by atoms with Crippen molar-refractivity contribution in [3.05, 3.63) is 24.0 Å². The first-order valence-electron chi connectivity index (χ1n) is 6.14. The molecule has 88 valence electrons. The van der Waals surface area contributed by atoms with E-state index in [1.807, 2.05) is 12.3 Å². The van der Waals surface area contributed by atoms with Crippen molar-refractivity contribution in [1.82, 2.24) is 10.3 Å². The maximum atomic E-state index is 5.95. The molecule has 1 saturated carbocycles. The predicted octanol–water partition coefficient (Wildman–Crippen LogP) is 1.84. The van der Waals surface area contributed by atoms with Crippen molar-refractivity contribution in [3.63, 3.8) is 0 Å². The summed E-state index contributed by atoms with van der Waals surface area (Å²) >= 11 is 0. The van der Waals surface area contributed by atoms with Crippen LogP contribution >= 0.6 is 0 Å². The van der Waals surface area contributed by atoms with Crippen molar-refractivity contribution < 1.29 is 0 Å². The van der Waals surface area contributed by atoms with Crippen molar-refractivity contribution in [2.24, 2.45) is 11.8 Å². The Bertz CT molecular complexity index is 351. The lowest BCUT2D eigenvalue weighted by Crippen LogP contribution is -2.33. The highest BCUT2D eigenvalue weighted by atomic mass is 14.9. The molecule has 0 aromatic carbocycles. The van der Waals surface area contributed by atoms with Gasteiger partial charge in [-0.05, 0) is 42.9 Å². The number of hydrogen-bond donors (Lipinski definition) is 2. The van der Waals surface area contributed by atoms with Crippen molar-refractivity contribution in [1.29, 1.82) is 0 Å². The molecule has 2 rings (SSSR count). The molecule has 0 radical (unpaired) electrons. The summed E-state index contributed by atoms with van der Waals surface area (Å²) in [6.45, 7) is 5.50. The lowest BCUT2D eigenvalue weighted by molar-refractivity contribution is 0.454. The Kier molecular flexibility index (Phi) is 3.44. The zero-order valence-corrected chi connectivity index (χ0v) is 10.1. The van der Waals surface area contributed by atoms with E-state index in [1.165, 1.54) is 12.0 Å². The second-order valence-electron chi connectivity index (χ2n) is 4.82. The number of nitrogens with one attached hydrogen (secondary N) is 1. The Balaban J connectivity index is 2.03. The van der Waals surface area contributed by atoms with Crippen LogP contribution in [0.25, 0.3) is 0 Å². The second-order valence-corrected chi connectivity index (χ2v) is 4.82. The summed E-state index contributed by atoms with van der Waals surface area (Å²) < 4.78 is 0. The van der Waals surface area contributed by atoms with E-state index in [-0.39, 0.29) is 0 Å². The molecule has 0 aliphatic heterocycles. The first kappa shape index (κ1) is 11.4. The Morgan fingerprint density at radius 2 is 2.38 bits per heavy atom. The summed E-state index contributed by atoms with van der Waals surface area (Å²) in [6, 6.07) is 2.45. The fourth-order valence-corrected chi connectivity index (χ4v) is 2.39. The third-order valence-electron chi connectivity index (χ3n) is 3.54. The van der Waals surface area contributed by atoms with Crippen LogP contribution in [0.15, 0.2) is 18.5 Å². The molecule has 1 aromatic heterocycles. The minimum Gasteiger partial charge on any atom is -0.398 e. The third-order valence-corrected chi connectivity index (χ3v) is 3.54. The summed E-state index contributed by atoms with van der Waals surface area (Å²) in [5.41, 5.74) is 7.99. The van der Waals surface area contributed by atoms with Gasteiger partial charge in [-0.15, -0.1) is 0 Å². The highest BCUT2D eigenvalue weighted by Crippen LogP contribution is 2.41. The maximum Gasteiger partial charge on any atom is 0.0378 e. The minimum absolute atomic E-state index is 0.562. The van der Waals surface area contributed by atoms with Gasteiger partial charge in [0.05, 0.1) is 0 Å². The van der Waals surface area contributed by atoms with Crippen molar-refractivity contribution in [2.45, 2.75) is 32.7 Å². The van der Waals surface area contributed by atoms with Gasteiger partial charge in [0.15, 0.2) is 0 Å². The van der Waals surface area contributed by atoms with E-state index >= 15 is 0 Å². The molecule has 3 unspecified atom stereocenters. The van der Waals surface area contributed by atoms with Gasteiger partial charge in [-0.1, -0.05) is 13.8 Å². The minimum atomic E-state index is 0.562. The molecule has 1 aliphatic carbocycles. The molecule has 1 heterocycles. The smallest absolute Gasteiger partial charge is 0.0378 e. The SMILES string of the molecule is CCNC(Cc1cnccc1N)C1CC1C. The van der Waals surface area contributed by atoms with Crippen LogP contribution in [0.2, 0.25) is 0 Å². The van der Waals surface area contributed by atoms with Crippen LogP contribution in [-0.2, 0) is 6.42 Å². The molecular weight excluding hydrogens is 198 g/mol.